The van der Waals surface area contributed by atoms with Gasteiger partial charge in [0.05, 0.1) is 6.61 Å². The summed E-state index contributed by atoms with van der Waals surface area (Å²) in [7, 11) is 0. The molecule has 0 saturated carbocycles. The van der Waals surface area contributed by atoms with E-state index in [-0.39, 0.29) is 6.04 Å². The zero-order valence-electron chi connectivity index (χ0n) is 9.61. The molecule has 2 N–H and O–H groups in total. The van der Waals surface area contributed by atoms with Crippen LogP contribution in [0.15, 0.2) is 30.9 Å². The van der Waals surface area contributed by atoms with Gasteiger partial charge in [-0.3, -0.25) is 0 Å². The summed E-state index contributed by atoms with van der Waals surface area (Å²) >= 11 is 0. The molecule has 0 spiro atoms. The third-order valence-corrected chi connectivity index (χ3v) is 3.07. The van der Waals surface area contributed by atoms with E-state index < -0.39 is 0 Å². The number of hydrogen-bond acceptors (Lipinski definition) is 2. The summed E-state index contributed by atoms with van der Waals surface area (Å²) in [6.45, 7) is 4.38. The molecule has 2 heteroatoms. The fraction of sp³-hybridized carbons (Fsp3) is 0.429. The van der Waals surface area contributed by atoms with Crippen LogP contribution in [0, 0.1) is 0 Å². The summed E-state index contributed by atoms with van der Waals surface area (Å²) in [6.07, 6.45) is 6.17. The van der Waals surface area contributed by atoms with E-state index in [1.165, 1.54) is 17.5 Å². The van der Waals surface area contributed by atoms with Crippen LogP contribution in [0.4, 0.5) is 0 Å². The first-order valence-corrected chi connectivity index (χ1v) is 5.93. The fourth-order valence-electron chi connectivity index (χ4n) is 2.18. The highest BCUT2D eigenvalue weighted by molar-refractivity contribution is 5.38. The van der Waals surface area contributed by atoms with Crippen LogP contribution in [0.1, 0.15) is 36.4 Å². The quantitative estimate of drug-likeness (QED) is 0.621. The Morgan fingerprint density at radius 1 is 1.50 bits per heavy atom. The number of benzene rings is 1. The second-order valence-electron chi connectivity index (χ2n) is 4.29. The van der Waals surface area contributed by atoms with Crippen molar-refractivity contribution in [3.63, 3.8) is 0 Å². The lowest BCUT2D eigenvalue weighted by Crippen LogP contribution is -2.17. The van der Waals surface area contributed by atoms with E-state index in [0.29, 0.717) is 6.61 Å². The third kappa shape index (κ3) is 2.45. The summed E-state index contributed by atoms with van der Waals surface area (Å²) in [5.74, 6) is 0.953. The number of rotatable bonds is 4. The van der Waals surface area contributed by atoms with Gasteiger partial charge in [-0.2, -0.15) is 0 Å². The molecule has 0 amide bonds. The number of aryl methyl sites for hydroxylation is 1. The van der Waals surface area contributed by atoms with E-state index in [1.807, 2.05) is 12.1 Å². The molecular weight excluding hydrogens is 198 g/mol. The van der Waals surface area contributed by atoms with Crippen molar-refractivity contribution >= 4 is 0 Å². The van der Waals surface area contributed by atoms with Gasteiger partial charge in [0.1, 0.15) is 5.75 Å². The monoisotopic (exact) mass is 217 g/mol. The lowest BCUT2D eigenvalue weighted by atomic mass is 9.88. The first-order valence-electron chi connectivity index (χ1n) is 5.93. The van der Waals surface area contributed by atoms with Crippen LogP contribution in [0.2, 0.25) is 0 Å². The lowest BCUT2D eigenvalue weighted by molar-refractivity contribution is 0.324. The minimum atomic E-state index is 0.214. The van der Waals surface area contributed by atoms with Crippen molar-refractivity contribution in [1.29, 1.82) is 0 Å². The number of ether oxygens (including phenoxy) is 1. The maximum Gasteiger partial charge on any atom is 0.119 e. The highest BCUT2D eigenvalue weighted by Crippen LogP contribution is 2.30. The Labute approximate surface area is 97.1 Å². The van der Waals surface area contributed by atoms with Crippen molar-refractivity contribution in [2.24, 2.45) is 5.73 Å². The zero-order valence-corrected chi connectivity index (χ0v) is 9.61. The minimum Gasteiger partial charge on any atom is -0.493 e. The van der Waals surface area contributed by atoms with Crippen molar-refractivity contribution < 1.29 is 4.74 Å². The molecule has 0 heterocycles. The van der Waals surface area contributed by atoms with Crippen LogP contribution in [-0.2, 0) is 6.42 Å². The Morgan fingerprint density at radius 3 is 3.19 bits per heavy atom. The molecule has 1 aromatic rings. The summed E-state index contributed by atoms with van der Waals surface area (Å²) in [4.78, 5) is 0. The summed E-state index contributed by atoms with van der Waals surface area (Å²) in [5.41, 5.74) is 8.71. The van der Waals surface area contributed by atoms with Gasteiger partial charge in [-0.25, -0.2) is 0 Å². The SMILES string of the molecule is C=CCCOc1ccc2c(c1)CCCC2N. The molecule has 1 aromatic carbocycles. The first kappa shape index (κ1) is 11.2. The van der Waals surface area contributed by atoms with Crippen LogP contribution in [-0.4, -0.2) is 6.61 Å². The fourth-order valence-corrected chi connectivity index (χ4v) is 2.18. The number of nitrogens with two attached hydrogens (primary N) is 1. The number of hydrogen-bond donors (Lipinski definition) is 1. The molecule has 0 saturated heterocycles. The van der Waals surface area contributed by atoms with Crippen molar-refractivity contribution in [3.05, 3.63) is 42.0 Å². The molecule has 2 rings (SSSR count). The third-order valence-electron chi connectivity index (χ3n) is 3.07. The molecule has 2 nitrogen and oxygen atoms in total. The largest absolute Gasteiger partial charge is 0.493 e. The predicted octanol–water partition coefficient (Wildman–Crippen LogP) is 2.98. The van der Waals surface area contributed by atoms with Gasteiger partial charge >= 0.3 is 0 Å². The Hall–Kier alpha value is -1.28. The molecule has 86 valence electrons. The molecule has 0 radical (unpaired) electrons. The normalized spacial score (nSPS) is 18.9. The lowest BCUT2D eigenvalue weighted by Gasteiger charge is -2.22. The summed E-state index contributed by atoms with van der Waals surface area (Å²) in [6, 6.07) is 6.48. The maximum absolute atomic E-state index is 6.06. The Balaban J connectivity index is 2.09. The topological polar surface area (TPSA) is 35.2 Å². The van der Waals surface area contributed by atoms with E-state index in [4.69, 9.17) is 10.5 Å². The van der Waals surface area contributed by atoms with Gasteiger partial charge in [-0.15, -0.1) is 6.58 Å². The van der Waals surface area contributed by atoms with Crippen molar-refractivity contribution in [2.75, 3.05) is 6.61 Å². The Kier molecular flexibility index (Phi) is 3.62. The highest BCUT2D eigenvalue weighted by atomic mass is 16.5. The van der Waals surface area contributed by atoms with E-state index in [0.717, 1.165) is 25.0 Å². The van der Waals surface area contributed by atoms with Gasteiger partial charge in [-0.1, -0.05) is 12.1 Å². The molecule has 0 aromatic heterocycles. The van der Waals surface area contributed by atoms with Gasteiger partial charge in [0.2, 0.25) is 0 Å². The van der Waals surface area contributed by atoms with Crippen LogP contribution >= 0.6 is 0 Å². The van der Waals surface area contributed by atoms with Gasteiger partial charge in [-0.05, 0) is 48.9 Å². The van der Waals surface area contributed by atoms with Crippen molar-refractivity contribution in [1.82, 2.24) is 0 Å². The van der Waals surface area contributed by atoms with Gasteiger partial charge in [0.15, 0.2) is 0 Å². The van der Waals surface area contributed by atoms with E-state index in [1.54, 1.807) is 0 Å². The zero-order chi connectivity index (χ0) is 11.4. The average molecular weight is 217 g/mol. The highest BCUT2D eigenvalue weighted by Gasteiger charge is 2.16. The molecule has 0 aliphatic heterocycles. The van der Waals surface area contributed by atoms with Gasteiger partial charge in [0.25, 0.3) is 0 Å². The summed E-state index contributed by atoms with van der Waals surface area (Å²) < 4.78 is 5.64. The van der Waals surface area contributed by atoms with Crippen molar-refractivity contribution in [3.8, 4) is 5.75 Å². The van der Waals surface area contributed by atoms with E-state index in [2.05, 4.69) is 18.7 Å². The second kappa shape index (κ2) is 5.17. The maximum atomic E-state index is 6.06. The van der Waals surface area contributed by atoms with Crippen molar-refractivity contribution in [2.45, 2.75) is 31.7 Å². The van der Waals surface area contributed by atoms with Gasteiger partial charge < -0.3 is 10.5 Å². The van der Waals surface area contributed by atoms with Crippen LogP contribution in [0.25, 0.3) is 0 Å². The predicted molar refractivity (Wildman–Crippen MR) is 66.6 cm³/mol. The van der Waals surface area contributed by atoms with Crippen LogP contribution < -0.4 is 10.5 Å². The number of fused-ring (bicyclic) bond motifs is 1. The molecular formula is C14H19NO. The first-order chi connectivity index (χ1) is 7.81. The molecule has 0 bridgehead atoms. The van der Waals surface area contributed by atoms with Gasteiger partial charge in [0, 0.05) is 6.04 Å². The van der Waals surface area contributed by atoms with E-state index >= 15 is 0 Å². The molecule has 1 unspecified atom stereocenters. The second-order valence-corrected chi connectivity index (χ2v) is 4.29. The molecule has 0 fully saturated rings. The van der Waals surface area contributed by atoms with Crippen LogP contribution in [0.3, 0.4) is 0 Å². The molecule has 1 aliphatic rings. The standard InChI is InChI=1S/C14H19NO/c1-2-3-9-16-12-7-8-13-11(10-12)5-4-6-14(13)15/h2,7-8,10,14H,1,3-6,9,15H2. The molecule has 1 aliphatic carbocycles. The smallest absolute Gasteiger partial charge is 0.119 e. The molecule has 16 heavy (non-hydrogen) atoms. The van der Waals surface area contributed by atoms with E-state index in [9.17, 15) is 0 Å². The molecule has 1 atom stereocenters. The minimum absolute atomic E-state index is 0.214. The summed E-state index contributed by atoms with van der Waals surface area (Å²) in [5, 5.41) is 0. The van der Waals surface area contributed by atoms with Crippen LogP contribution in [0.5, 0.6) is 5.75 Å². The Morgan fingerprint density at radius 2 is 2.38 bits per heavy atom. The average Bonchev–Trinajstić information content (AvgIpc) is 2.30. The Bertz CT molecular complexity index is 373.